The minimum absolute atomic E-state index is 1.03. The van der Waals surface area contributed by atoms with E-state index >= 15 is 0 Å². The van der Waals surface area contributed by atoms with E-state index in [0.717, 1.165) is 32.0 Å². The van der Waals surface area contributed by atoms with Gasteiger partial charge >= 0.3 is 0 Å². The van der Waals surface area contributed by atoms with Gasteiger partial charge in [-0.05, 0) is 25.2 Å². The Morgan fingerprint density at radius 3 is 2.40 bits per heavy atom. The Labute approximate surface area is 92.7 Å². The normalized spacial score (nSPS) is 10.7. The largest absolute Gasteiger partial charge is 0.358 e. The molecule has 0 aromatic carbocycles. The van der Waals surface area contributed by atoms with Gasteiger partial charge in [-0.15, -0.1) is 0 Å². The van der Waals surface area contributed by atoms with Gasteiger partial charge in [-0.3, -0.25) is 0 Å². The van der Waals surface area contributed by atoms with Crippen molar-refractivity contribution in [2.24, 2.45) is 0 Å². The highest BCUT2D eigenvalue weighted by atomic mass is 15.2. The maximum Gasteiger partial charge on any atom is 0.128 e. The molecule has 1 heterocycles. The summed E-state index contributed by atoms with van der Waals surface area (Å²) >= 11 is 0. The fraction of sp³-hybridized carbons (Fsp3) is 0.583. The molecule has 0 spiro atoms. The third-order valence-corrected chi connectivity index (χ3v) is 2.69. The highest BCUT2D eigenvalue weighted by Gasteiger charge is 2.03. The zero-order valence-corrected chi connectivity index (χ0v) is 9.98. The molecule has 1 rings (SSSR count). The lowest BCUT2D eigenvalue weighted by molar-refractivity contribution is 0.311. The Morgan fingerprint density at radius 1 is 1.13 bits per heavy atom. The summed E-state index contributed by atoms with van der Waals surface area (Å²) < 4.78 is 0. The van der Waals surface area contributed by atoms with Crippen molar-refractivity contribution in [3.63, 3.8) is 0 Å². The summed E-state index contributed by atoms with van der Waals surface area (Å²) in [5.74, 6) is 1.05. The topological polar surface area (TPSA) is 19.4 Å². The maximum atomic E-state index is 4.32. The summed E-state index contributed by atoms with van der Waals surface area (Å²) in [5, 5.41) is 0. The van der Waals surface area contributed by atoms with E-state index in [0.29, 0.717) is 0 Å². The first-order chi connectivity index (χ1) is 7.27. The molecule has 3 nitrogen and oxygen atoms in total. The van der Waals surface area contributed by atoms with Gasteiger partial charge in [0.1, 0.15) is 5.82 Å². The van der Waals surface area contributed by atoms with Gasteiger partial charge in [-0.1, -0.05) is 19.9 Å². The third kappa shape index (κ3) is 3.88. The van der Waals surface area contributed by atoms with E-state index in [-0.39, 0.29) is 0 Å². The first-order valence-electron chi connectivity index (χ1n) is 5.62. The lowest BCUT2D eigenvalue weighted by atomic mass is 10.4. The second-order valence-corrected chi connectivity index (χ2v) is 3.64. The predicted molar refractivity (Wildman–Crippen MR) is 65.3 cm³/mol. The molecule has 0 saturated heterocycles. The fourth-order valence-electron chi connectivity index (χ4n) is 1.53. The van der Waals surface area contributed by atoms with Crippen molar-refractivity contribution in [2.45, 2.75) is 13.8 Å². The summed E-state index contributed by atoms with van der Waals surface area (Å²) in [4.78, 5) is 8.92. The Hall–Kier alpha value is -1.09. The first kappa shape index (κ1) is 12.0. The third-order valence-electron chi connectivity index (χ3n) is 2.69. The zero-order chi connectivity index (χ0) is 11.1. The lowest BCUT2D eigenvalue weighted by Crippen LogP contribution is -2.33. The van der Waals surface area contributed by atoms with Crippen LogP contribution in [0.25, 0.3) is 0 Å². The molecule has 84 valence electrons. The standard InChI is InChI=1S/C12H21N3/c1-4-15(5-2)11-10-14(3)12-8-6-7-9-13-12/h6-9H,4-5,10-11H2,1-3H3. The van der Waals surface area contributed by atoms with Crippen molar-refractivity contribution in [2.75, 3.05) is 38.1 Å². The van der Waals surface area contributed by atoms with Crippen LogP contribution in [0, 0.1) is 0 Å². The van der Waals surface area contributed by atoms with Crippen LogP contribution in [0.15, 0.2) is 24.4 Å². The van der Waals surface area contributed by atoms with Crippen molar-refractivity contribution in [3.05, 3.63) is 24.4 Å². The van der Waals surface area contributed by atoms with Gasteiger partial charge in [0.15, 0.2) is 0 Å². The molecule has 0 unspecified atom stereocenters. The number of hydrogen-bond acceptors (Lipinski definition) is 3. The molecule has 0 amide bonds. The average molecular weight is 207 g/mol. The summed E-state index contributed by atoms with van der Waals surface area (Å²) in [5.41, 5.74) is 0. The van der Waals surface area contributed by atoms with Gasteiger partial charge in [0, 0.05) is 26.3 Å². The average Bonchev–Trinajstić information content (AvgIpc) is 2.31. The van der Waals surface area contributed by atoms with E-state index in [1.165, 1.54) is 0 Å². The van der Waals surface area contributed by atoms with Gasteiger partial charge in [0.25, 0.3) is 0 Å². The van der Waals surface area contributed by atoms with Crippen molar-refractivity contribution in [1.29, 1.82) is 0 Å². The van der Waals surface area contributed by atoms with Gasteiger partial charge in [-0.2, -0.15) is 0 Å². The highest BCUT2D eigenvalue weighted by molar-refractivity contribution is 5.36. The molecular formula is C12H21N3. The Bertz CT molecular complexity index is 257. The van der Waals surface area contributed by atoms with Crippen LogP contribution in [-0.2, 0) is 0 Å². The van der Waals surface area contributed by atoms with Crippen LogP contribution in [0.4, 0.5) is 5.82 Å². The van der Waals surface area contributed by atoms with Crippen molar-refractivity contribution in [3.8, 4) is 0 Å². The molecular weight excluding hydrogens is 186 g/mol. The predicted octanol–water partition coefficient (Wildman–Crippen LogP) is 1.86. The van der Waals surface area contributed by atoms with Crippen LogP contribution in [0.3, 0.4) is 0 Å². The number of nitrogens with zero attached hydrogens (tertiary/aromatic N) is 3. The summed E-state index contributed by atoms with van der Waals surface area (Å²) in [6.45, 7) is 8.76. The van der Waals surface area contributed by atoms with E-state index < -0.39 is 0 Å². The number of hydrogen-bond donors (Lipinski definition) is 0. The van der Waals surface area contributed by atoms with Crippen LogP contribution in [-0.4, -0.2) is 43.1 Å². The van der Waals surface area contributed by atoms with Gasteiger partial charge < -0.3 is 9.80 Å². The fourth-order valence-corrected chi connectivity index (χ4v) is 1.53. The van der Waals surface area contributed by atoms with Crippen LogP contribution in [0.5, 0.6) is 0 Å². The first-order valence-corrected chi connectivity index (χ1v) is 5.62. The van der Waals surface area contributed by atoms with Gasteiger partial charge in [-0.25, -0.2) is 4.98 Å². The Balaban J connectivity index is 2.39. The molecule has 15 heavy (non-hydrogen) atoms. The summed E-state index contributed by atoms with van der Waals surface area (Å²) in [6, 6.07) is 6.01. The Morgan fingerprint density at radius 2 is 1.87 bits per heavy atom. The minimum atomic E-state index is 1.03. The SMILES string of the molecule is CCN(CC)CCN(C)c1ccccn1. The maximum absolute atomic E-state index is 4.32. The molecule has 1 aromatic rings. The van der Waals surface area contributed by atoms with Crippen molar-refractivity contribution < 1.29 is 0 Å². The molecule has 0 aliphatic heterocycles. The lowest BCUT2D eigenvalue weighted by Gasteiger charge is -2.23. The molecule has 3 heteroatoms. The molecule has 0 saturated carbocycles. The number of aromatic nitrogens is 1. The molecule has 0 radical (unpaired) electrons. The number of likely N-dealkylation sites (N-methyl/N-ethyl adjacent to an activating group) is 2. The molecule has 0 fully saturated rings. The molecule has 0 aliphatic carbocycles. The van der Waals surface area contributed by atoms with E-state index in [9.17, 15) is 0 Å². The van der Waals surface area contributed by atoms with Gasteiger partial charge in [0.05, 0.1) is 0 Å². The van der Waals surface area contributed by atoms with Crippen LogP contribution < -0.4 is 4.90 Å². The second kappa shape index (κ2) is 6.40. The summed E-state index contributed by atoms with van der Waals surface area (Å²) in [6.07, 6.45) is 1.84. The van der Waals surface area contributed by atoms with Crippen LogP contribution in [0.2, 0.25) is 0 Å². The van der Waals surface area contributed by atoms with E-state index in [1.807, 2.05) is 24.4 Å². The van der Waals surface area contributed by atoms with E-state index in [1.54, 1.807) is 0 Å². The number of anilines is 1. The molecule has 0 bridgehead atoms. The molecule has 0 atom stereocenters. The monoisotopic (exact) mass is 207 g/mol. The zero-order valence-electron chi connectivity index (χ0n) is 9.98. The Kier molecular flexibility index (Phi) is 5.12. The summed E-state index contributed by atoms with van der Waals surface area (Å²) in [7, 11) is 2.09. The molecule has 0 N–H and O–H groups in total. The van der Waals surface area contributed by atoms with Gasteiger partial charge in [0.2, 0.25) is 0 Å². The minimum Gasteiger partial charge on any atom is -0.358 e. The quantitative estimate of drug-likeness (QED) is 0.710. The van der Waals surface area contributed by atoms with Crippen LogP contribution >= 0.6 is 0 Å². The second-order valence-electron chi connectivity index (χ2n) is 3.64. The van der Waals surface area contributed by atoms with Crippen molar-refractivity contribution >= 4 is 5.82 Å². The van der Waals surface area contributed by atoms with E-state index in [2.05, 4.69) is 35.7 Å². The molecule has 1 aromatic heterocycles. The number of pyridine rings is 1. The highest BCUT2D eigenvalue weighted by Crippen LogP contribution is 2.05. The smallest absolute Gasteiger partial charge is 0.128 e. The van der Waals surface area contributed by atoms with E-state index in [4.69, 9.17) is 0 Å². The van der Waals surface area contributed by atoms with Crippen molar-refractivity contribution in [1.82, 2.24) is 9.88 Å². The molecule has 0 aliphatic rings. The number of rotatable bonds is 6. The van der Waals surface area contributed by atoms with Crippen LogP contribution in [0.1, 0.15) is 13.8 Å².